The molecule has 0 unspecified atom stereocenters. The summed E-state index contributed by atoms with van der Waals surface area (Å²) in [6.07, 6.45) is 0. The van der Waals surface area contributed by atoms with Crippen molar-refractivity contribution in [1.82, 2.24) is 25.1 Å². The Bertz CT molecular complexity index is 1020. The van der Waals surface area contributed by atoms with Gasteiger partial charge in [0.2, 0.25) is 10.9 Å². The van der Waals surface area contributed by atoms with Gasteiger partial charge in [-0.1, -0.05) is 73.7 Å². The van der Waals surface area contributed by atoms with Gasteiger partial charge in [0.15, 0.2) is 4.34 Å². The van der Waals surface area contributed by atoms with Crippen LogP contribution in [-0.4, -0.2) is 31.5 Å². The Morgan fingerprint density at radius 2 is 1.93 bits per heavy atom. The zero-order valence-corrected chi connectivity index (χ0v) is 17.3. The average molecular weight is 404 g/mol. The lowest BCUT2D eigenvalue weighted by molar-refractivity contribution is -0.118. The van der Waals surface area contributed by atoms with Gasteiger partial charge >= 0.3 is 0 Å². The molecular formula is C18H21N5O2S2. The molecule has 2 aromatic heterocycles. The number of nitrogens with one attached hydrogen (secondary N) is 1. The van der Waals surface area contributed by atoms with E-state index in [0.717, 1.165) is 5.56 Å². The molecule has 0 fully saturated rings. The molecule has 0 saturated heterocycles. The first-order valence-corrected chi connectivity index (χ1v) is 10.3. The molecule has 7 nitrogen and oxygen atoms in total. The number of thioether (sulfide) groups is 1. The molecule has 0 aliphatic carbocycles. The van der Waals surface area contributed by atoms with E-state index >= 15 is 0 Å². The maximum absolute atomic E-state index is 12.5. The number of hydrogen-bond acceptors (Lipinski definition) is 7. The fraction of sp³-hybridized carbons (Fsp3) is 0.389. The fourth-order valence-electron chi connectivity index (χ4n) is 2.31. The minimum absolute atomic E-state index is 0.0892. The van der Waals surface area contributed by atoms with Gasteiger partial charge in [0.1, 0.15) is 5.69 Å². The number of aryl methyl sites for hydroxylation is 1. The van der Waals surface area contributed by atoms with Crippen molar-refractivity contribution in [1.29, 1.82) is 0 Å². The third kappa shape index (κ3) is 4.72. The standard InChI is InChI=1S/C18H21N5O2S2/c1-11-5-7-12(8-6-11)9-19-13(24)10-26-17-22-23-15(25)14(18(2,3)4)20-21-16(23)27-17/h5-8H,9-10H2,1-4H3,(H,19,24). The SMILES string of the molecule is Cc1ccc(CNC(=O)CSc2nn3c(=O)c(C(C)(C)C)nnc3s2)cc1. The topological polar surface area (TPSA) is 89.3 Å². The zero-order valence-electron chi connectivity index (χ0n) is 15.6. The fourth-order valence-corrected chi connectivity index (χ4v) is 4.01. The van der Waals surface area contributed by atoms with Crippen LogP contribution in [0.25, 0.3) is 4.96 Å². The molecule has 0 radical (unpaired) electrons. The van der Waals surface area contributed by atoms with E-state index in [0.29, 0.717) is 21.5 Å². The Morgan fingerprint density at radius 3 is 2.59 bits per heavy atom. The van der Waals surface area contributed by atoms with E-state index in [1.165, 1.54) is 33.2 Å². The highest BCUT2D eigenvalue weighted by Crippen LogP contribution is 2.23. The number of hydrogen-bond donors (Lipinski definition) is 1. The second kappa shape index (κ2) is 7.77. The van der Waals surface area contributed by atoms with Crippen molar-refractivity contribution in [2.45, 2.75) is 44.0 Å². The van der Waals surface area contributed by atoms with Crippen molar-refractivity contribution >= 4 is 34.0 Å². The van der Waals surface area contributed by atoms with Gasteiger partial charge in [-0.25, -0.2) is 0 Å². The third-order valence-corrected chi connectivity index (χ3v) is 5.85. The molecule has 3 rings (SSSR count). The summed E-state index contributed by atoms with van der Waals surface area (Å²) in [5, 5.41) is 15.3. The molecule has 0 aliphatic rings. The highest BCUT2D eigenvalue weighted by atomic mass is 32.2. The summed E-state index contributed by atoms with van der Waals surface area (Å²) in [5.74, 6) is 0.133. The van der Waals surface area contributed by atoms with Gasteiger partial charge in [-0.05, 0) is 12.5 Å². The first-order valence-electron chi connectivity index (χ1n) is 8.46. The van der Waals surface area contributed by atoms with Gasteiger partial charge in [0, 0.05) is 12.0 Å². The smallest absolute Gasteiger partial charge is 0.297 e. The predicted molar refractivity (Wildman–Crippen MR) is 107 cm³/mol. The quantitative estimate of drug-likeness (QED) is 0.659. The van der Waals surface area contributed by atoms with Gasteiger partial charge in [0.25, 0.3) is 5.56 Å². The van der Waals surface area contributed by atoms with Crippen molar-refractivity contribution < 1.29 is 4.79 Å². The van der Waals surface area contributed by atoms with Crippen LogP contribution in [0.4, 0.5) is 0 Å². The molecular weight excluding hydrogens is 382 g/mol. The molecule has 27 heavy (non-hydrogen) atoms. The molecule has 0 atom stereocenters. The molecule has 9 heteroatoms. The van der Waals surface area contributed by atoms with Crippen molar-refractivity contribution in [2.24, 2.45) is 0 Å². The number of carbonyl (C=O) groups excluding carboxylic acids is 1. The summed E-state index contributed by atoms with van der Waals surface area (Å²) >= 11 is 2.53. The van der Waals surface area contributed by atoms with E-state index in [1.807, 2.05) is 52.0 Å². The van der Waals surface area contributed by atoms with E-state index in [1.54, 1.807) is 0 Å². The first kappa shape index (κ1) is 19.5. The lowest BCUT2D eigenvalue weighted by Crippen LogP contribution is -2.30. The molecule has 1 amide bonds. The van der Waals surface area contributed by atoms with Crippen molar-refractivity contribution in [2.75, 3.05) is 5.75 Å². The van der Waals surface area contributed by atoms with Gasteiger partial charge in [-0.3, -0.25) is 9.59 Å². The number of nitrogens with zero attached hydrogens (tertiary/aromatic N) is 4. The lowest BCUT2D eigenvalue weighted by atomic mass is 9.93. The van der Waals surface area contributed by atoms with Gasteiger partial charge in [0.05, 0.1) is 5.75 Å². The Labute approximate surface area is 165 Å². The number of benzene rings is 1. The summed E-state index contributed by atoms with van der Waals surface area (Å²) in [4.78, 5) is 25.0. The second-order valence-electron chi connectivity index (χ2n) is 7.22. The predicted octanol–water partition coefficient (Wildman–Crippen LogP) is 2.56. The highest BCUT2D eigenvalue weighted by Gasteiger charge is 2.23. The zero-order chi connectivity index (χ0) is 19.6. The van der Waals surface area contributed by atoms with E-state index in [2.05, 4.69) is 20.6 Å². The highest BCUT2D eigenvalue weighted by molar-refractivity contribution is 8.01. The van der Waals surface area contributed by atoms with Crippen LogP contribution in [0.1, 0.15) is 37.6 Å². The lowest BCUT2D eigenvalue weighted by Gasteiger charge is -2.14. The maximum Gasteiger partial charge on any atom is 0.297 e. The van der Waals surface area contributed by atoms with E-state index in [-0.39, 0.29) is 17.2 Å². The van der Waals surface area contributed by atoms with Crippen LogP contribution in [-0.2, 0) is 16.8 Å². The van der Waals surface area contributed by atoms with Crippen LogP contribution in [0, 0.1) is 6.92 Å². The normalized spacial score (nSPS) is 11.7. The summed E-state index contributed by atoms with van der Waals surface area (Å²) in [5.41, 5.74) is 1.94. The summed E-state index contributed by atoms with van der Waals surface area (Å²) in [6, 6.07) is 8.02. The molecule has 3 aromatic rings. The Kier molecular flexibility index (Phi) is 5.61. The third-order valence-electron chi connectivity index (χ3n) is 3.82. The van der Waals surface area contributed by atoms with Crippen LogP contribution in [0.3, 0.4) is 0 Å². The van der Waals surface area contributed by atoms with Crippen LogP contribution in [0.2, 0.25) is 0 Å². The van der Waals surface area contributed by atoms with Gasteiger partial charge in [-0.2, -0.15) is 4.52 Å². The van der Waals surface area contributed by atoms with Gasteiger partial charge < -0.3 is 5.32 Å². The minimum atomic E-state index is -0.405. The monoisotopic (exact) mass is 403 g/mol. The van der Waals surface area contributed by atoms with E-state index in [9.17, 15) is 9.59 Å². The Morgan fingerprint density at radius 1 is 1.22 bits per heavy atom. The maximum atomic E-state index is 12.5. The molecule has 1 aromatic carbocycles. The number of fused-ring (bicyclic) bond motifs is 1. The summed E-state index contributed by atoms with van der Waals surface area (Å²) < 4.78 is 1.88. The summed E-state index contributed by atoms with van der Waals surface area (Å²) in [7, 11) is 0. The van der Waals surface area contributed by atoms with Crippen LogP contribution in [0.15, 0.2) is 33.4 Å². The molecule has 2 heterocycles. The number of aromatic nitrogens is 4. The second-order valence-corrected chi connectivity index (χ2v) is 9.40. The first-order chi connectivity index (χ1) is 12.7. The molecule has 0 spiro atoms. The Hall–Kier alpha value is -2.26. The summed E-state index contributed by atoms with van der Waals surface area (Å²) in [6.45, 7) is 8.23. The van der Waals surface area contributed by atoms with Crippen molar-refractivity contribution in [3.05, 3.63) is 51.4 Å². The van der Waals surface area contributed by atoms with E-state index < -0.39 is 5.41 Å². The van der Waals surface area contributed by atoms with Crippen LogP contribution < -0.4 is 10.9 Å². The molecule has 0 aliphatic heterocycles. The number of amides is 1. The van der Waals surface area contributed by atoms with Crippen LogP contribution in [0.5, 0.6) is 0 Å². The minimum Gasteiger partial charge on any atom is -0.351 e. The largest absolute Gasteiger partial charge is 0.351 e. The number of carbonyl (C=O) groups is 1. The molecule has 142 valence electrons. The number of rotatable bonds is 5. The molecule has 0 bridgehead atoms. The van der Waals surface area contributed by atoms with E-state index in [4.69, 9.17) is 0 Å². The molecule has 0 saturated carbocycles. The molecule has 1 N–H and O–H groups in total. The van der Waals surface area contributed by atoms with Crippen LogP contribution >= 0.6 is 23.1 Å². The van der Waals surface area contributed by atoms with Crippen molar-refractivity contribution in [3.63, 3.8) is 0 Å². The Balaban J connectivity index is 1.63. The van der Waals surface area contributed by atoms with Crippen molar-refractivity contribution in [3.8, 4) is 0 Å². The average Bonchev–Trinajstić information content (AvgIpc) is 3.03. The van der Waals surface area contributed by atoms with Gasteiger partial charge in [-0.15, -0.1) is 15.3 Å².